The van der Waals surface area contributed by atoms with Crippen LogP contribution in [0.4, 0.5) is 11.4 Å². The van der Waals surface area contributed by atoms with Gasteiger partial charge < -0.3 is 20.2 Å². The van der Waals surface area contributed by atoms with Crippen LogP contribution in [0, 0.1) is 13.8 Å². The summed E-state index contributed by atoms with van der Waals surface area (Å²) in [5, 5.41) is 6.39. The zero-order valence-corrected chi connectivity index (χ0v) is 18.5. The third kappa shape index (κ3) is 8.26. The van der Waals surface area contributed by atoms with Gasteiger partial charge in [0.2, 0.25) is 0 Å². The molecule has 0 spiro atoms. The van der Waals surface area contributed by atoms with Crippen molar-refractivity contribution < 1.29 is 9.53 Å². The van der Waals surface area contributed by atoms with Gasteiger partial charge in [0.05, 0.1) is 13.4 Å². The Morgan fingerprint density at radius 2 is 1.93 bits per heavy atom. The molecule has 0 saturated heterocycles. The number of ether oxygens (including phenoxy) is 1. The van der Waals surface area contributed by atoms with E-state index in [1.807, 2.05) is 32.2 Å². The van der Waals surface area contributed by atoms with Gasteiger partial charge in [0, 0.05) is 36.1 Å². The zero-order chi connectivity index (χ0) is 21.8. The molecule has 0 radical (unpaired) electrons. The molecule has 0 heterocycles. The Labute approximate surface area is 175 Å². The smallest absolute Gasteiger partial charge is 0.120 e. The molecular formula is C25H34N2O2. The number of rotatable bonds is 8. The van der Waals surface area contributed by atoms with Crippen LogP contribution in [0.2, 0.25) is 0 Å². The number of carbonyl (C=O) groups is 1. The minimum Gasteiger partial charge on any atom is -0.504 e. The molecule has 0 saturated carbocycles. The first-order valence-electron chi connectivity index (χ1n) is 9.76. The van der Waals surface area contributed by atoms with Crippen molar-refractivity contribution in [1.82, 2.24) is 0 Å². The van der Waals surface area contributed by atoms with Gasteiger partial charge in [-0.25, -0.2) is 0 Å². The highest BCUT2D eigenvalue weighted by Gasteiger charge is 2.04. The second kappa shape index (κ2) is 12.4. The maximum atomic E-state index is 10.3. The monoisotopic (exact) mass is 394 g/mol. The third-order valence-corrected chi connectivity index (χ3v) is 4.63. The second-order valence-electron chi connectivity index (χ2n) is 7.14. The molecule has 0 aliphatic heterocycles. The topological polar surface area (TPSA) is 50.4 Å². The minimum atomic E-state index is 0.349. The highest BCUT2D eigenvalue weighted by molar-refractivity contribution is 5.62. The number of nitrogens with one attached hydrogen (secondary N) is 2. The Morgan fingerprint density at radius 1 is 1.21 bits per heavy atom. The summed E-state index contributed by atoms with van der Waals surface area (Å²) in [7, 11) is 3.54. The lowest BCUT2D eigenvalue weighted by molar-refractivity contribution is -0.108. The number of aldehydes is 1. The minimum absolute atomic E-state index is 0.349. The van der Waals surface area contributed by atoms with Gasteiger partial charge in [-0.1, -0.05) is 43.3 Å². The van der Waals surface area contributed by atoms with Gasteiger partial charge in [-0.3, -0.25) is 0 Å². The maximum Gasteiger partial charge on any atom is 0.120 e. The van der Waals surface area contributed by atoms with Crippen molar-refractivity contribution in [3.05, 3.63) is 83.3 Å². The Bertz CT molecular complexity index is 840. The molecule has 0 aliphatic rings. The normalized spacial score (nSPS) is 11.6. The summed E-state index contributed by atoms with van der Waals surface area (Å²) in [5.74, 6) is 0.349. The summed E-state index contributed by atoms with van der Waals surface area (Å²) in [5.41, 5.74) is 7.65. The number of hydrogen-bond donors (Lipinski definition) is 2. The Hall–Kier alpha value is -3.01. The predicted molar refractivity (Wildman–Crippen MR) is 125 cm³/mol. The summed E-state index contributed by atoms with van der Waals surface area (Å²) in [6, 6.07) is 14.5. The van der Waals surface area contributed by atoms with E-state index in [1.54, 1.807) is 13.4 Å². The van der Waals surface area contributed by atoms with Crippen molar-refractivity contribution in [3.63, 3.8) is 0 Å². The largest absolute Gasteiger partial charge is 0.504 e. The molecule has 4 heteroatoms. The highest BCUT2D eigenvalue weighted by atomic mass is 16.5. The molecule has 0 aromatic heterocycles. The molecule has 0 aliphatic carbocycles. The molecule has 2 N–H and O–H groups in total. The molecule has 1 unspecified atom stereocenters. The van der Waals surface area contributed by atoms with Gasteiger partial charge in [-0.05, 0) is 56.0 Å². The standard InChI is InChI=1S/C14H20N2O.C11H14O/c1-10-8-13(15-4)6-7-14(10)16-12(3)11(2)9-17-5;1-9-4-3-5-11(8-9)10(2)6-7-12/h6-9,15-16H,3H2,1-2,4-5H3;3-5,7-8,10H,6H2,1-2H3/b11-9+;. The van der Waals surface area contributed by atoms with Gasteiger partial charge >= 0.3 is 0 Å². The van der Waals surface area contributed by atoms with E-state index in [2.05, 4.69) is 62.2 Å². The van der Waals surface area contributed by atoms with Gasteiger partial charge in [0.15, 0.2) is 0 Å². The van der Waals surface area contributed by atoms with E-state index in [4.69, 9.17) is 4.74 Å². The van der Waals surface area contributed by atoms with Gasteiger partial charge in [-0.2, -0.15) is 0 Å². The van der Waals surface area contributed by atoms with E-state index in [1.165, 1.54) is 16.7 Å². The molecule has 156 valence electrons. The predicted octanol–water partition coefficient (Wildman–Crippen LogP) is 6.20. The van der Waals surface area contributed by atoms with Crippen LogP contribution in [-0.4, -0.2) is 20.4 Å². The lowest BCUT2D eigenvalue weighted by Crippen LogP contribution is -2.02. The van der Waals surface area contributed by atoms with Crippen molar-refractivity contribution in [3.8, 4) is 0 Å². The van der Waals surface area contributed by atoms with Crippen LogP contribution in [-0.2, 0) is 9.53 Å². The van der Waals surface area contributed by atoms with Gasteiger partial charge in [-0.15, -0.1) is 0 Å². The SMILES string of the molecule is C=C(Nc1ccc(NC)cc1C)/C(C)=C/OC.Cc1cccc(C(C)CC=O)c1. The van der Waals surface area contributed by atoms with Crippen LogP contribution in [0.3, 0.4) is 0 Å². The van der Waals surface area contributed by atoms with Gasteiger partial charge in [0.1, 0.15) is 6.29 Å². The number of aryl methyl sites for hydroxylation is 2. The van der Waals surface area contributed by atoms with Crippen LogP contribution < -0.4 is 10.6 Å². The van der Waals surface area contributed by atoms with Crippen LogP contribution in [0.1, 0.15) is 42.9 Å². The lowest BCUT2D eigenvalue weighted by Gasteiger charge is -2.13. The summed E-state index contributed by atoms with van der Waals surface area (Å²) < 4.78 is 4.96. The molecular weight excluding hydrogens is 360 g/mol. The molecule has 0 fully saturated rings. The number of carbonyl (C=O) groups excluding carboxylic acids is 1. The lowest BCUT2D eigenvalue weighted by atomic mass is 9.97. The average molecular weight is 395 g/mol. The number of methoxy groups -OCH3 is 1. The molecule has 0 bridgehead atoms. The summed E-state index contributed by atoms with van der Waals surface area (Å²) >= 11 is 0. The molecule has 2 aromatic carbocycles. The maximum absolute atomic E-state index is 10.3. The second-order valence-corrected chi connectivity index (χ2v) is 7.14. The molecule has 2 rings (SSSR count). The fourth-order valence-corrected chi connectivity index (χ4v) is 2.73. The van der Waals surface area contributed by atoms with Crippen molar-refractivity contribution in [2.75, 3.05) is 24.8 Å². The van der Waals surface area contributed by atoms with E-state index in [-0.39, 0.29) is 0 Å². The van der Waals surface area contributed by atoms with E-state index in [0.29, 0.717) is 12.3 Å². The first-order chi connectivity index (χ1) is 13.8. The molecule has 29 heavy (non-hydrogen) atoms. The van der Waals surface area contributed by atoms with Crippen molar-refractivity contribution in [2.45, 2.75) is 40.0 Å². The summed E-state index contributed by atoms with van der Waals surface area (Å²) in [6.45, 7) is 12.1. The highest BCUT2D eigenvalue weighted by Crippen LogP contribution is 2.22. The molecule has 1 atom stereocenters. The number of benzene rings is 2. The summed E-state index contributed by atoms with van der Waals surface area (Å²) in [6.07, 6.45) is 3.27. The number of allylic oxidation sites excluding steroid dienone is 1. The van der Waals surface area contributed by atoms with Crippen LogP contribution in [0.15, 0.2) is 66.6 Å². The fraction of sp³-hybridized carbons (Fsp3) is 0.320. The Balaban J connectivity index is 0.000000308. The van der Waals surface area contributed by atoms with Crippen molar-refractivity contribution in [2.24, 2.45) is 0 Å². The summed E-state index contributed by atoms with van der Waals surface area (Å²) in [4.78, 5) is 10.3. The van der Waals surface area contributed by atoms with E-state index >= 15 is 0 Å². The first-order valence-corrected chi connectivity index (χ1v) is 9.76. The molecule has 2 aromatic rings. The number of anilines is 2. The Morgan fingerprint density at radius 3 is 2.48 bits per heavy atom. The average Bonchev–Trinajstić information content (AvgIpc) is 2.70. The Kier molecular flexibility index (Phi) is 10.3. The van der Waals surface area contributed by atoms with Crippen molar-refractivity contribution in [1.29, 1.82) is 0 Å². The van der Waals surface area contributed by atoms with E-state index in [0.717, 1.165) is 28.9 Å². The van der Waals surface area contributed by atoms with Crippen LogP contribution in [0.25, 0.3) is 0 Å². The van der Waals surface area contributed by atoms with Crippen molar-refractivity contribution >= 4 is 17.7 Å². The quantitative estimate of drug-likeness (QED) is 0.318. The fourth-order valence-electron chi connectivity index (χ4n) is 2.73. The number of hydrogen-bond acceptors (Lipinski definition) is 4. The molecule has 4 nitrogen and oxygen atoms in total. The van der Waals surface area contributed by atoms with E-state index < -0.39 is 0 Å². The molecule has 0 amide bonds. The van der Waals surface area contributed by atoms with Gasteiger partial charge in [0.25, 0.3) is 0 Å². The van der Waals surface area contributed by atoms with E-state index in [9.17, 15) is 4.79 Å². The van der Waals surface area contributed by atoms with Crippen LogP contribution >= 0.6 is 0 Å². The first kappa shape index (κ1) is 24.0. The van der Waals surface area contributed by atoms with Crippen LogP contribution in [0.5, 0.6) is 0 Å². The third-order valence-electron chi connectivity index (χ3n) is 4.63. The zero-order valence-electron chi connectivity index (χ0n) is 18.5.